The Bertz CT molecular complexity index is 564. The highest BCUT2D eigenvalue weighted by atomic mass is 16.5. The van der Waals surface area contributed by atoms with Gasteiger partial charge in [0.25, 0.3) is 0 Å². The Morgan fingerprint density at radius 2 is 1.48 bits per heavy atom. The predicted octanol–water partition coefficient (Wildman–Crippen LogP) is 3.69. The van der Waals surface area contributed by atoms with Gasteiger partial charge in [-0.25, -0.2) is 0 Å². The van der Waals surface area contributed by atoms with Gasteiger partial charge in [0.2, 0.25) is 0 Å². The number of aryl methyl sites for hydroxylation is 1. The second-order valence-corrected chi connectivity index (χ2v) is 4.88. The second-order valence-electron chi connectivity index (χ2n) is 4.88. The molecule has 2 N–H and O–H groups in total. The fraction of sp³-hybridized carbons (Fsp3) is 0.333. The number of ether oxygens (including phenoxy) is 2. The van der Waals surface area contributed by atoms with E-state index in [0.717, 1.165) is 29.0 Å². The Kier molecular flexibility index (Phi) is 5.64. The van der Waals surface area contributed by atoms with Crippen LogP contribution in [0.1, 0.15) is 30.5 Å². The Balaban J connectivity index is 2.07. The largest absolute Gasteiger partial charge is 0.490 e. The van der Waals surface area contributed by atoms with E-state index in [2.05, 4.69) is 31.2 Å². The fourth-order valence-corrected chi connectivity index (χ4v) is 2.10. The van der Waals surface area contributed by atoms with Gasteiger partial charge in [-0.3, -0.25) is 0 Å². The van der Waals surface area contributed by atoms with Crippen LogP contribution >= 0.6 is 0 Å². The molecule has 0 radical (unpaired) electrons. The molecule has 112 valence electrons. The van der Waals surface area contributed by atoms with Crippen molar-refractivity contribution in [3.8, 4) is 11.5 Å². The first-order valence-electron chi connectivity index (χ1n) is 7.43. The molecule has 0 amide bonds. The minimum absolute atomic E-state index is 0.499. The number of nitrogens with two attached hydrogens (primary N) is 1. The molecule has 0 aromatic heterocycles. The lowest BCUT2D eigenvalue weighted by molar-refractivity contribution is 0.269. The van der Waals surface area contributed by atoms with Gasteiger partial charge in [-0.1, -0.05) is 37.3 Å². The van der Waals surface area contributed by atoms with Crippen LogP contribution in [0.15, 0.2) is 42.5 Å². The number of rotatable bonds is 7. The molecule has 0 saturated carbocycles. The zero-order valence-electron chi connectivity index (χ0n) is 12.8. The summed E-state index contributed by atoms with van der Waals surface area (Å²) in [6.45, 7) is 5.75. The summed E-state index contributed by atoms with van der Waals surface area (Å²) in [6.07, 6.45) is 1.05. The first-order valence-corrected chi connectivity index (χ1v) is 7.43. The average molecular weight is 285 g/mol. The molecule has 0 heterocycles. The summed E-state index contributed by atoms with van der Waals surface area (Å²) in [7, 11) is 0. The standard InChI is InChI=1S/C18H23NO2/c1-3-14-5-7-15(8-6-14)13-21-17-10-9-16(12-19)11-18(17)20-4-2/h5-11H,3-4,12-13,19H2,1-2H3. The van der Waals surface area contributed by atoms with Crippen molar-refractivity contribution in [2.75, 3.05) is 6.61 Å². The maximum absolute atomic E-state index is 5.88. The van der Waals surface area contributed by atoms with E-state index in [1.807, 2.05) is 25.1 Å². The van der Waals surface area contributed by atoms with Crippen molar-refractivity contribution in [1.82, 2.24) is 0 Å². The van der Waals surface area contributed by atoms with Crippen LogP contribution in [-0.4, -0.2) is 6.61 Å². The van der Waals surface area contributed by atoms with E-state index in [1.165, 1.54) is 5.56 Å². The molecular weight excluding hydrogens is 262 g/mol. The second kappa shape index (κ2) is 7.70. The molecule has 0 atom stereocenters. The van der Waals surface area contributed by atoms with Crippen LogP contribution < -0.4 is 15.2 Å². The summed E-state index contributed by atoms with van der Waals surface area (Å²) in [5.41, 5.74) is 9.19. The van der Waals surface area contributed by atoms with E-state index in [4.69, 9.17) is 15.2 Å². The van der Waals surface area contributed by atoms with Crippen molar-refractivity contribution in [2.24, 2.45) is 5.73 Å². The minimum atomic E-state index is 0.499. The van der Waals surface area contributed by atoms with Gasteiger partial charge in [0.05, 0.1) is 6.61 Å². The molecule has 3 nitrogen and oxygen atoms in total. The minimum Gasteiger partial charge on any atom is -0.490 e. The third-order valence-electron chi connectivity index (χ3n) is 3.37. The van der Waals surface area contributed by atoms with E-state index in [9.17, 15) is 0 Å². The molecule has 0 unspecified atom stereocenters. The Labute approximate surface area is 126 Å². The van der Waals surface area contributed by atoms with Crippen LogP contribution in [0, 0.1) is 0 Å². The van der Waals surface area contributed by atoms with Gasteiger partial charge in [-0.15, -0.1) is 0 Å². The molecule has 0 aliphatic rings. The highest BCUT2D eigenvalue weighted by Crippen LogP contribution is 2.29. The molecular formula is C18H23NO2. The van der Waals surface area contributed by atoms with Crippen LogP contribution in [-0.2, 0) is 19.6 Å². The van der Waals surface area contributed by atoms with Crippen molar-refractivity contribution >= 4 is 0 Å². The normalized spacial score (nSPS) is 10.4. The lowest BCUT2D eigenvalue weighted by atomic mass is 10.1. The van der Waals surface area contributed by atoms with Crippen LogP contribution in [0.5, 0.6) is 11.5 Å². The smallest absolute Gasteiger partial charge is 0.161 e. The summed E-state index contributed by atoms with van der Waals surface area (Å²) in [5, 5.41) is 0. The van der Waals surface area contributed by atoms with E-state index < -0.39 is 0 Å². The zero-order chi connectivity index (χ0) is 15.1. The SMILES string of the molecule is CCOc1cc(CN)ccc1OCc1ccc(CC)cc1. The summed E-state index contributed by atoms with van der Waals surface area (Å²) in [5.74, 6) is 1.51. The van der Waals surface area contributed by atoms with Gasteiger partial charge in [-0.05, 0) is 42.2 Å². The molecule has 0 bridgehead atoms. The van der Waals surface area contributed by atoms with E-state index >= 15 is 0 Å². The molecule has 0 aliphatic heterocycles. The van der Waals surface area contributed by atoms with Crippen molar-refractivity contribution in [3.05, 3.63) is 59.2 Å². The van der Waals surface area contributed by atoms with Crippen molar-refractivity contribution in [1.29, 1.82) is 0 Å². The Hall–Kier alpha value is -2.00. The first-order chi connectivity index (χ1) is 10.3. The van der Waals surface area contributed by atoms with Gasteiger partial charge in [0.1, 0.15) is 6.61 Å². The van der Waals surface area contributed by atoms with Gasteiger partial charge in [0.15, 0.2) is 11.5 Å². The average Bonchev–Trinajstić information content (AvgIpc) is 2.54. The topological polar surface area (TPSA) is 44.5 Å². The fourth-order valence-electron chi connectivity index (χ4n) is 2.10. The molecule has 2 aromatic carbocycles. The Morgan fingerprint density at radius 1 is 0.810 bits per heavy atom. The first kappa shape index (κ1) is 15.4. The lowest BCUT2D eigenvalue weighted by Gasteiger charge is -2.13. The van der Waals surface area contributed by atoms with Crippen molar-refractivity contribution in [2.45, 2.75) is 33.4 Å². The molecule has 0 saturated heterocycles. The molecule has 2 rings (SSSR count). The molecule has 0 fully saturated rings. The van der Waals surface area contributed by atoms with Crippen LogP contribution in [0.25, 0.3) is 0 Å². The number of benzene rings is 2. The van der Waals surface area contributed by atoms with Gasteiger partial charge in [0, 0.05) is 6.54 Å². The predicted molar refractivity (Wildman–Crippen MR) is 85.7 cm³/mol. The van der Waals surface area contributed by atoms with E-state index in [1.54, 1.807) is 0 Å². The van der Waals surface area contributed by atoms with Crippen molar-refractivity contribution < 1.29 is 9.47 Å². The van der Waals surface area contributed by atoms with Gasteiger partial charge >= 0.3 is 0 Å². The number of hydrogen-bond acceptors (Lipinski definition) is 3. The maximum Gasteiger partial charge on any atom is 0.161 e. The van der Waals surface area contributed by atoms with Crippen LogP contribution in [0.3, 0.4) is 0 Å². The lowest BCUT2D eigenvalue weighted by Crippen LogP contribution is -2.02. The van der Waals surface area contributed by atoms with Crippen LogP contribution in [0.2, 0.25) is 0 Å². The monoisotopic (exact) mass is 285 g/mol. The summed E-state index contributed by atoms with van der Waals surface area (Å²) in [4.78, 5) is 0. The maximum atomic E-state index is 5.88. The summed E-state index contributed by atoms with van der Waals surface area (Å²) < 4.78 is 11.5. The van der Waals surface area contributed by atoms with Crippen LogP contribution in [0.4, 0.5) is 0 Å². The van der Waals surface area contributed by atoms with E-state index in [-0.39, 0.29) is 0 Å². The van der Waals surface area contributed by atoms with Gasteiger partial charge < -0.3 is 15.2 Å². The quantitative estimate of drug-likeness (QED) is 0.844. The van der Waals surface area contributed by atoms with Gasteiger partial charge in [-0.2, -0.15) is 0 Å². The number of hydrogen-bond donors (Lipinski definition) is 1. The molecule has 21 heavy (non-hydrogen) atoms. The highest BCUT2D eigenvalue weighted by molar-refractivity contribution is 5.43. The summed E-state index contributed by atoms with van der Waals surface area (Å²) >= 11 is 0. The Morgan fingerprint density at radius 3 is 2.10 bits per heavy atom. The summed E-state index contributed by atoms with van der Waals surface area (Å²) in [6, 6.07) is 14.3. The zero-order valence-corrected chi connectivity index (χ0v) is 12.8. The molecule has 0 spiro atoms. The van der Waals surface area contributed by atoms with Crippen molar-refractivity contribution in [3.63, 3.8) is 0 Å². The van der Waals surface area contributed by atoms with E-state index in [0.29, 0.717) is 19.8 Å². The third-order valence-corrected chi connectivity index (χ3v) is 3.37. The molecule has 2 aromatic rings. The third kappa shape index (κ3) is 4.23. The highest BCUT2D eigenvalue weighted by Gasteiger charge is 2.06. The molecule has 3 heteroatoms. The molecule has 0 aliphatic carbocycles.